The Morgan fingerprint density at radius 2 is 1.03 bits per heavy atom. The third kappa shape index (κ3) is 5.66. The average Bonchev–Trinajstić information content (AvgIpc) is 3.79. The molecule has 0 spiro atoms. The third-order valence-electron chi connectivity index (χ3n) is 12.5. The van der Waals surface area contributed by atoms with Crippen LogP contribution in [0.15, 0.2) is 199 Å². The molecule has 0 saturated heterocycles. The Kier molecular flexibility index (Phi) is 7.81. The number of hydrogen-bond acceptors (Lipinski definition) is 5. The van der Waals surface area contributed by atoms with E-state index in [0.717, 1.165) is 71.8 Å². The molecule has 5 heteroatoms. The smallest absolute Gasteiger partial charge is 0.164 e. The minimum Gasteiger partial charge on any atom is -0.454 e. The second-order valence-electron chi connectivity index (χ2n) is 16.4. The van der Waals surface area contributed by atoms with Crippen molar-refractivity contribution in [2.45, 2.75) is 19.3 Å². The van der Waals surface area contributed by atoms with Gasteiger partial charge in [0.25, 0.3) is 0 Å². The Morgan fingerprint density at radius 3 is 1.84 bits per heavy atom. The van der Waals surface area contributed by atoms with Crippen molar-refractivity contribution in [2.24, 2.45) is 0 Å². The zero-order valence-corrected chi connectivity index (χ0v) is 33.7. The molecule has 0 radical (unpaired) electrons. The van der Waals surface area contributed by atoms with E-state index < -0.39 is 0 Å². The predicted octanol–water partition coefficient (Wildman–Crippen LogP) is 14.9. The van der Waals surface area contributed by atoms with Crippen LogP contribution in [0.3, 0.4) is 0 Å². The zero-order valence-electron chi connectivity index (χ0n) is 33.7. The number of fused-ring (bicyclic) bond motifs is 8. The number of aromatic nitrogens is 3. The van der Waals surface area contributed by atoms with Gasteiger partial charge >= 0.3 is 0 Å². The molecular weight excluding hydrogens is 745 g/mol. The molecule has 0 saturated carbocycles. The lowest BCUT2D eigenvalue weighted by Crippen LogP contribution is -2.16. The van der Waals surface area contributed by atoms with Crippen LogP contribution in [0.25, 0.3) is 88.8 Å². The Balaban J connectivity index is 1.06. The fourth-order valence-corrected chi connectivity index (χ4v) is 9.41. The van der Waals surface area contributed by atoms with Gasteiger partial charge in [-0.1, -0.05) is 159 Å². The predicted molar refractivity (Wildman–Crippen MR) is 251 cm³/mol. The van der Waals surface area contributed by atoms with Gasteiger partial charge in [-0.15, -0.1) is 0 Å². The van der Waals surface area contributed by atoms with Gasteiger partial charge in [0.2, 0.25) is 0 Å². The molecule has 12 rings (SSSR count). The SMILES string of the molecule is CC1(C)c2ccccc2-c2ccc(N(c3ccccc3)c3c4ccccc4cc4c3oc3cc(-c5nc(-c6ccccc6)nc(-c6ccc7ccccc7c6)n5)ccc34)cc21. The van der Waals surface area contributed by atoms with Crippen molar-refractivity contribution in [3.05, 3.63) is 205 Å². The van der Waals surface area contributed by atoms with Crippen molar-refractivity contribution in [3.8, 4) is 45.3 Å². The Bertz CT molecular complexity index is 3520. The minimum absolute atomic E-state index is 0.155. The number of benzene rings is 9. The number of hydrogen-bond donors (Lipinski definition) is 0. The molecule has 1 aliphatic carbocycles. The second kappa shape index (κ2) is 13.6. The lowest BCUT2D eigenvalue weighted by molar-refractivity contribution is 0.660. The molecule has 0 bridgehead atoms. The maximum absolute atomic E-state index is 7.13. The Hall–Kier alpha value is -7.89. The Labute approximate surface area is 353 Å². The van der Waals surface area contributed by atoms with Crippen LogP contribution in [0, 0.1) is 0 Å². The van der Waals surface area contributed by atoms with Crippen LogP contribution in [0.5, 0.6) is 0 Å². The highest BCUT2D eigenvalue weighted by Crippen LogP contribution is 2.52. The molecule has 0 unspecified atom stereocenters. The molecule has 0 aliphatic heterocycles. The van der Waals surface area contributed by atoms with E-state index in [1.165, 1.54) is 27.6 Å². The number of nitrogens with zero attached hydrogens (tertiary/aromatic N) is 4. The summed E-state index contributed by atoms with van der Waals surface area (Å²) in [5.74, 6) is 1.82. The highest BCUT2D eigenvalue weighted by molar-refractivity contribution is 6.19. The summed E-state index contributed by atoms with van der Waals surface area (Å²) in [6, 6.07) is 68.4. The van der Waals surface area contributed by atoms with Crippen LogP contribution < -0.4 is 4.90 Å². The molecule has 0 fully saturated rings. The first-order valence-corrected chi connectivity index (χ1v) is 20.8. The van der Waals surface area contributed by atoms with E-state index in [9.17, 15) is 0 Å². The largest absolute Gasteiger partial charge is 0.454 e. The summed E-state index contributed by atoms with van der Waals surface area (Å²) in [6.07, 6.45) is 0. The first kappa shape index (κ1) is 35.1. The van der Waals surface area contributed by atoms with E-state index in [1.807, 2.05) is 30.3 Å². The fraction of sp³-hybridized carbons (Fsp3) is 0.0536. The van der Waals surface area contributed by atoms with Crippen LogP contribution in [0.2, 0.25) is 0 Å². The van der Waals surface area contributed by atoms with Crippen LogP contribution in [-0.4, -0.2) is 15.0 Å². The van der Waals surface area contributed by atoms with Gasteiger partial charge in [-0.3, -0.25) is 0 Å². The molecule has 2 heterocycles. The lowest BCUT2D eigenvalue weighted by Gasteiger charge is -2.29. The summed E-state index contributed by atoms with van der Waals surface area (Å²) in [5, 5.41) is 6.61. The molecule has 11 aromatic rings. The molecule has 0 N–H and O–H groups in total. The molecule has 5 nitrogen and oxygen atoms in total. The summed E-state index contributed by atoms with van der Waals surface area (Å²) in [4.78, 5) is 17.6. The van der Waals surface area contributed by atoms with Crippen molar-refractivity contribution in [2.75, 3.05) is 4.90 Å². The third-order valence-corrected chi connectivity index (χ3v) is 12.5. The average molecular weight is 783 g/mol. The molecule has 2 aromatic heterocycles. The molecule has 9 aromatic carbocycles. The normalized spacial score (nSPS) is 12.9. The molecule has 1 aliphatic rings. The van der Waals surface area contributed by atoms with Crippen LogP contribution in [-0.2, 0) is 5.41 Å². The number of furan rings is 1. The van der Waals surface area contributed by atoms with E-state index in [2.05, 4.69) is 183 Å². The maximum atomic E-state index is 7.13. The van der Waals surface area contributed by atoms with E-state index in [0.29, 0.717) is 17.5 Å². The van der Waals surface area contributed by atoms with Gasteiger partial charge in [-0.05, 0) is 86.9 Å². The number of para-hydroxylation sites is 1. The number of anilines is 3. The summed E-state index contributed by atoms with van der Waals surface area (Å²) in [5.41, 5.74) is 12.5. The highest BCUT2D eigenvalue weighted by Gasteiger charge is 2.36. The van der Waals surface area contributed by atoms with Gasteiger partial charge in [0.15, 0.2) is 23.1 Å². The van der Waals surface area contributed by atoms with E-state index >= 15 is 0 Å². The van der Waals surface area contributed by atoms with Gasteiger partial charge < -0.3 is 9.32 Å². The first-order chi connectivity index (χ1) is 30.0. The van der Waals surface area contributed by atoms with Gasteiger partial charge in [-0.25, -0.2) is 15.0 Å². The monoisotopic (exact) mass is 782 g/mol. The van der Waals surface area contributed by atoms with Crippen LogP contribution in [0.4, 0.5) is 17.1 Å². The first-order valence-electron chi connectivity index (χ1n) is 20.8. The second-order valence-corrected chi connectivity index (χ2v) is 16.4. The lowest BCUT2D eigenvalue weighted by atomic mass is 9.82. The highest BCUT2D eigenvalue weighted by atomic mass is 16.3. The van der Waals surface area contributed by atoms with E-state index in [-0.39, 0.29) is 5.41 Å². The molecule has 288 valence electrons. The van der Waals surface area contributed by atoms with Crippen molar-refractivity contribution in [3.63, 3.8) is 0 Å². The van der Waals surface area contributed by atoms with Gasteiger partial charge in [0.05, 0.1) is 5.69 Å². The quantitative estimate of drug-likeness (QED) is 0.168. The summed E-state index contributed by atoms with van der Waals surface area (Å²) in [6.45, 7) is 4.67. The zero-order chi connectivity index (χ0) is 40.7. The van der Waals surface area contributed by atoms with Gasteiger partial charge in [-0.2, -0.15) is 0 Å². The standard InChI is InChI=1S/C56H38N4O/c1-56(2)48-24-14-13-23-44(48)45-30-28-42(34-49(45)56)60(41-20-7-4-8-21-41)51-43-22-12-11-19-38(43)32-47-46-29-27-40(33-50(46)61-52(47)51)55-58-53(36-16-5-3-6-17-36)57-54(59-55)39-26-25-35-15-9-10-18-37(35)31-39/h3-34H,1-2H3. The van der Waals surface area contributed by atoms with Crippen molar-refractivity contribution < 1.29 is 4.42 Å². The fourth-order valence-electron chi connectivity index (χ4n) is 9.41. The van der Waals surface area contributed by atoms with Gasteiger partial charge in [0.1, 0.15) is 5.58 Å². The van der Waals surface area contributed by atoms with Crippen molar-refractivity contribution in [1.29, 1.82) is 0 Å². The summed E-state index contributed by atoms with van der Waals surface area (Å²) < 4.78 is 7.13. The Morgan fingerprint density at radius 1 is 0.410 bits per heavy atom. The van der Waals surface area contributed by atoms with Crippen LogP contribution in [0.1, 0.15) is 25.0 Å². The molecular formula is C56H38N4O. The minimum atomic E-state index is -0.155. The van der Waals surface area contributed by atoms with Crippen molar-refractivity contribution in [1.82, 2.24) is 15.0 Å². The molecule has 0 atom stereocenters. The molecule has 61 heavy (non-hydrogen) atoms. The maximum Gasteiger partial charge on any atom is 0.164 e. The van der Waals surface area contributed by atoms with Crippen molar-refractivity contribution >= 4 is 60.5 Å². The molecule has 0 amide bonds. The van der Waals surface area contributed by atoms with Gasteiger partial charge in [0, 0.05) is 49.6 Å². The van der Waals surface area contributed by atoms with Crippen LogP contribution >= 0.6 is 0 Å². The summed E-state index contributed by atoms with van der Waals surface area (Å²) >= 11 is 0. The van der Waals surface area contributed by atoms with E-state index in [1.54, 1.807) is 0 Å². The summed E-state index contributed by atoms with van der Waals surface area (Å²) in [7, 11) is 0. The van der Waals surface area contributed by atoms with E-state index in [4.69, 9.17) is 19.4 Å². The topological polar surface area (TPSA) is 55.1 Å². The number of rotatable bonds is 6.